The second-order valence-corrected chi connectivity index (χ2v) is 4.69. The standard InChI is InChI=1S/C16H20O2/c1-11-5-7-13(17-3)9-15(11)16-10-14(18-4)8-6-12(16)2/h5,7,9-10H,6,8H2,1-4H3. The van der Waals surface area contributed by atoms with Gasteiger partial charge >= 0.3 is 0 Å². The first-order valence-corrected chi connectivity index (χ1v) is 6.25. The first-order chi connectivity index (χ1) is 8.65. The number of aryl methyl sites for hydroxylation is 1. The van der Waals surface area contributed by atoms with E-state index in [0.717, 1.165) is 24.4 Å². The monoisotopic (exact) mass is 244 g/mol. The van der Waals surface area contributed by atoms with E-state index in [0.29, 0.717) is 0 Å². The fourth-order valence-corrected chi connectivity index (χ4v) is 2.29. The van der Waals surface area contributed by atoms with Gasteiger partial charge < -0.3 is 9.47 Å². The third-order valence-electron chi connectivity index (χ3n) is 3.51. The number of hydrogen-bond donors (Lipinski definition) is 0. The van der Waals surface area contributed by atoms with E-state index in [2.05, 4.69) is 32.1 Å². The van der Waals surface area contributed by atoms with E-state index in [4.69, 9.17) is 9.47 Å². The van der Waals surface area contributed by atoms with Crippen molar-refractivity contribution in [1.29, 1.82) is 0 Å². The van der Waals surface area contributed by atoms with E-state index in [1.807, 2.05) is 6.07 Å². The van der Waals surface area contributed by atoms with Crippen molar-refractivity contribution < 1.29 is 9.47 Å². The average molecular weight is 244 g/mol. The second-order valence-electron chi connectivity index (χ2n) is 4.69. The number of methoxy groups -OCH3 is 2. The van der Waals surface area contributed by atoms with Gasteiger partial charge in [0.05, 0.1) is 20.0 Å². The highest BCUT2D eigenvalue weighted by Gasteiger charge is 2.14. The lowest BCUT2D eigenvalue weighted by atomic mass is 9.90. The third kappa shape index (κ3) is 2.42. The predicted molar refractivity (Wildman–Crippen MR) is 74.7 cm³/mol. The molecule has 0 unspecified atom stereocenters. The SMILES string of the molecule is COC1=CC(c2cc(OC)ccc2C)=C(C)CC1. The van der Waals surface area contributed by atoms with Crippen molar-refractivity contribution in [1.82, 2.24) is 0 Å². The molecule has 2 rings (SSSR count). The van der Waals surface area contributed by atoms with Crippen molar-refractivity contribution in [2.24, 2.45) is 0 Å². The van der Waals surface area contributed by atoms with Crippen molar-refractivity contribution in [3.63, 3.8) is 0 Å². The van der Waals surface area contributed by atoms with Crippen molar-refractivity contribution in [3.8, 4) is 5.75 Å². The third-order valence-corrected chi connectivity index (χ3v) is 3.51. The maximum Gasteiger partial charge on any atom is 0.119 e. The molecule has 1 aromatic rings. The zero-order chi connectivity index (χ0) is 13.1. The van der Waals surface area contributed by atoms with Crippen LogP contribution in [0, 0.1) is 6.92 Å². The summed E-state index contributed by atoms with van der Waals surface area (Å²) in [6.45, 7) is 4.32. The van der Waals surface area contributed by atoms with Gasteiger partial charge in [0.2, 0.25) is 0 Å². The molecule has 0 saturated heterocycles. The summed E-state index contributed by atoms with van der Waals surface area (Å²) in [5, 5.41) is 0. The minimum absolute atomic E-state index is 0.897. The highest BCUT2D eigenvalue weighted by Crippen LogP contribution is 2.34. The Morgan fingerprint density at radius 2 is 1.78 bits per heavy atom. The molecule has 96 valence electrons. The van der Waals surface area contributed by atoms with Gasteiger partial charge in [-0.05, 0) is 55.2 Å². The lowest BCUT2D eigenvalue weighted by molar-refractivity contribution is 0.276. The Bertz CT molecular complexity index is 510. The summed E-state index contributed by atoms with van der Waals surface area (Å²) in [7, 11) is 3.44. The minimum Gasteiger partial charge on any atom is -0.501 e. The van der Waals surface area contributed by atoms with Crippen molar-refractivity contribution >= 4 is 5.57 Å². The maximum atomic E-state index is 5.38. The minimum atomic E-state index is 0.897. The molecule has 0 atom stereocenters. The molecule has 0 bridgehead atoms. The lowest BCUT2D eigenvalue weighted by Gasteiger charge is -2.19. The second kappa shape index (κ2) is 5.30. The molecule has 2 heteroatoms. The first kappa shape index (κ1) is 12.7. The summed E-state index contributed by atoms with van der Waals surface area (Å²) in [6, 6.07) is 6.20. The molecule has 1 aliphatic carbocycles. The van der Waals surface area contributed by atoms with E-state index in [1.165, 1.54) is 22.3 Å². The Morgan fingerprint density at radius 1 is 1.00 bits per heavy atom. The summed E-state index contributed by atoms with van der Waals surface area (Å²) >= 11 is 0. The van der Waals surface area contributed by atoms with Crippen LogP contribution in [0.3, 0.4) is 0 Å². The number of benzene rings is 1. The average Bonchev–Trinajstić information content (AvgIpc) is 2.40. The molecule has 1 aliphatic rings. The smallest absolute Gasteiger partial charge is 0.119 e. The van der Waals surface area contributed by atoms with Crippen LogP contribution in [-0.4, -0.2) is 14.2 Å². The quantitative estimate of drug-likeness (QED) is 0.797. The van der Waals surface area contributed by atoms with Crippen LogP contribution in [-0.2, 0) is 4.74 Å². The van der Waals surface area contributed by atoms with Crippen LogP contribution in [0.2, 0.25) is 0 Å². The van der Waals surface area contributed by atoms with Gasteiger partial charge in [0.25, 0.3) is 0 Å². The molecular weight excluding hydrogens is 224 g/mol. The molecule has 0 aromatic heterocycles. The lowest BCUT2D eigenvalue weighted by Crippen LogP contribution is -2.00. The number of rotatable bonds is 3. The van der Waals surface area contributed by atoms with Gasteiger partial charge in [-0.3, -0.25) is 0 Å². The topological polar surface area (TPSA) is 18.5 Å². The molecule has 0 spiro atoms. The summed E-state index contributed by atoms with van der Waals surface area (Å²) in [5.41, 5.74) is 5.18. The fraction of sp³-hybridized carbons (Fsp3) is 0.375. The molecule has 0 heterocycles. The van der Waals surface area contributed by atoms with E-state index >= 15 is 0 Å². The van der Waals surface area contributed by atoms with Gasteiger partial charge in [-0.25, -0.2) is 0 Å². The molecule has 0 N–H and O–H groups in total. The van der Waals surface area contributed by atoms with Gasteiger partial charge in [0.1, 0.15) is 5.75 Å². The van der Waals surface area contributed by atoms with Crippen LogP contribution in [0.4, 0.5) is 0 Å². The Hall–Kier alpha value is -1.70. The Kier molecular flexibility index (Phi) is 3.75. The highest BCUT2D eigenvalue weighted by molar-refractivity contribution is 5.80. The molecule has 1 aromatic carbocycles. The van der Waals surface area contributed by atoms with Crippen LogP contribution in [0.15, 0.2) is 35.6 Å². The summed E-state index contributed by atoms with van der Waals surface area (Å²) in [4.78, 5) is 0. The van der Waals surface area contributed by atoms with Crippen LogP contribution in [0.25, 0.3) is 5.57 Å². The number of allylic oxidation sites excluding steroid dienone is 4. The normalized spacial score (nSPS) is 15.4. The van der Waals surface area contributed by atoms with Crippen LogP contribution in [0.1, 0.15) is 30.9 Å². The number of hydrogen-bond acceptors (Lipinski definition) is 2. The Labute approximate surface area is 109 Å². The molecule has 2 nitrogen and oxygen atoms in total. The van der Waals surface area contributed by atoms with E-state index in [-0.39, 0.29) is 0 Å². The molecule has 0 amide bonds. The fourth-order valence-electron chi connectivity index (χ4n) is 2.29. The molecule has 18 heavy (non-hydrogen) atoms. The van der Waals surface area contributed by atoms with Crippen LogP contribution < -0.4 is 4.74 Å². The van der Waals surface area contributed by atoms with Gasteiger partial charge in [0, 0.05) is 6.42 Å². The van der Waals surface area contributed by atoms with Gasteiger partial charge in [0.15, 0.2) is 0 Å². The molecule has 0 saturated carbocycles. The van der Waals surface area contributed by atoms with E-state index in [9.17, 15) is 0 Å². The molecule has 0 radical (unpaired) electrons. The molecular formula is C16H20O2. The summed E-state index contributed by atoms with van der Waals surface area (Å²) in [6.07, 6.45) is 4.21. The zero-order valence-electron chi connectivity index (χ0n) is 11.5. The first-order valence-electron chi connectivity index (χ1n) is 6.25. The summed E-state index contributed by atoms with van der Waals surface area (Å²) < 4.78 is 10.7. The van der Waals surface area contributed by atoms with Gasteiger partial charge in [-0.1, -0.05) is 11.6 Å². The molecule has 0 fully saturated rings. The maximum absolute atomic E-state index is 5.38. The zero-order valence-corrected chi connectivity index (χ0v) is 11.5. The summed E-state index contributed by atoms with van der Waals surface area (Å²) in [5.74, 6) is 1.95. The van der Waals surface area contributed by atoms with Crippen molar-refractivity contribution in [2.75, 3.05) is 14.2 Å². The van der Waals surface area contributed by atoms with Crippen LogP contribution >= 0.6 is 0 Å². The van der Waals surface area contributed by atoms with Gasteiger partial charge in [-0.15, -0.1) is 0 Å². The Morgan fingerprint density at radius 3 is 2.44 bits per heavy atom. The van der Waals surface area contributed by atoms with Crippen molar-refractivity contribution in [3.05, 3.63) is 46.7 Å². The van der Waals surface area contributed by atoms with Crippen LogP contribution in [0.5, 0.6) is 5.75 Å². The molecule has 0 aliphatic heterocycles. The van der Waals surface area contributed by atoms with Gasteiger partial charge in [-0.2, -0.15) is 0 Å². The highest BCUT2D eigenvalue weighted by atomic mass is 16.5. The number of ether oxygens (including phenoxy) is 2. The predicted octanol–water partition coefficient (Wildman–Crippen LogP) is 4.10. The largest absolute Gasteiger partial charge is 0.501 e. The van der Waals surface area contributed by atoms with E-state index < -0.39 is 0 Å². The van der Waals surface area contributed by atoms with Crippen molar-refractivity contribution in [2.45, 2.75) is 26.7 Å². The Balaban J connectivity index is 2.50. The van der Waals surface area contributed by atoms with E-state index in [1.54, 1.807) is 14.2 Å².